The molecule has 0 aliphatic carbocycles. The highest BCUT2D eigenvalue weighted by molar-refractivity contribution is 6.31. The number of aromatic amines is 1. The lowest BCUT2D eigenvalue weighted by Crippen LogP contribution is -2.31. The number of halogens is 2. The van der Waals surface area contributed by atoms with Gasteiger partial charge in [0.25, 0.3) is 0 Å². The molecular weight excluding hydrogens is 455 g/mol. The van der Waals surface area contributed by atoms with Crippen molar-refractivity contribution in [3.05, 3.63) is 71.0 Å². The third kappa shape index (κ3) is 4.42. The van der Waals surface area contributed by atoms with Gasteiger partial charge in [-0.25, -0.2) is 9.18 Å². The molecular formula is C25H26ClFN6O. The number of amides is 2. The molecule has 0 radical (unpaired) electrons. The molecule has 0 unspecified atom stereocenters. The number of H-pyrrole nitrogens is 1. The van der Waals surface area contributed by atoms with Gasteiger partial charge in [-0.3, -0.25) is 14.9 Å². The Morgan fingerprint density at radius 2 is 1.79 bits per heavy atom. The smallest absolute Gasteiger partial charge is 0.323 e. The van der Waals surface area contributed by atoms with Crippen LogP contribution in [-0.2, 0) is 6.54 Å². The van der Waals surface area contributed by atoms with Crippen molar-refractivity contribution in [2.24, 2.45) is 5.73 Å². The van der Waals surface area contributed by atoms with E-state index >= 15 is 4.39 Å². The first-order chi connectivity index (χ1) is 16.3. The van der Waals surface area contributed by atoms with Gasteiger partial charge in [0.05, 0.1) is 16.8 Å². The zero-order valence-corrected chi connectivity index (χ0v) is 19.7. The normalized spacial score (nSPS) is 11.3. The highest BCUT2D eigenvalue weighted by atomic mass is 35.5. The molecule has 34 heavy (non-hydrogen) atoms. The van der Waals surface area contributed by atoms with Gasteiger partial charge in [-0.05, 0) is 60.6 Å². The van der Waals surface area contributed by atoms with Crippen molar-refractivity contribution >= 4 is 45.7 Å². The second kappa shape index (κ2) is 9.70. The molecule has 0 bridgehead atoms. The monoisotopic (exact) mass is 480 g/mol. The van der Waals surface area contributed by atoms with E-state index in [0.717, 1.165) is 24.2 Å². The Kier molecular flexibility index (Phi) is 6.72. The van der Waals surface area contributed by atoms with Gasteiger partial charge >= 0.3 is 6.03 Å². The standard InChI is InChI=1S/C25H26ClFN6O/c1-3-32(4-2)14-16-12-20(21-23(22(16)27)30-31-24(21)28)15-8-10-18(11-9-15)33(25(29)34)19-7-5-6-17(26)13-19/h5-13H,3-4,14H2,1-2H3,(H2,29,34)(H3,28,30,31). The number of urea groups is 1. The van der Waals surface area contributed by atoms with Gasteiger partial charge in [-0.2, -0.15) is 5.10 Å². The number of benzene rings is 3. The predicted molar refractivity (Wildman–Crippen MR) is 136 cm³/mol. The topological polar surface area (TPSA) is 104 Å². The number of nitrogens with two attached hydrogens (primary N) is 2. The third-order valence-electron chi connectivity index (χ3n) is 5.90. The Labute approximate surface area is 202 Å². The Hall–Kier alpha value is -3.62. The Morgan fingerprint density at radius 1 is 1.09 bits per heavy atom. The van der Waals surface area contributed by atoms with Crippen LogP contribution in [-0.4, -0.2) is 34.2 Å². The summed E-state index contributed by atoms with van der Waals surface area (Å²) in [4.78, 5) is 15.7. The molecule has 4 rings (SSSR count). The first kappa shape index (κ1) is 23.5. The van der Waals surface area contributed by atoms with Crippen LogP contribution in [0.15, 0.2) is 54.6 Å². The average molecular weight is 481 g/mol. The number of carbonyl (C=O) groups excluding carboxylic acids is 1. The zero-order chi connectivity index (χ0) is 24.4. The van der Waals surface area contributed by atoms with Crippen molar-refractivity contribution in [3.8, 4) is 11.1 Å². The number of nitrogens with zero attached hydrogens (tertiary/aromatic N) is 3. The van der Waals surface area contributed by atoms with Crippen molar-refractivity contribution in [3.63, 3.8) is 0 Å². The van der Waals surface area contributed by atoms with Gasteiger partial charge in [-0.1, -0.05) is 43.6 Å². The van der Waals surface area contributed by atoms with E-state index in [1.165, 1.54) is 4.90 Å². The fraction of sp³-hybridized carbons (Fsp3) is 0.200. The van der Waals surface area contributed by atoms with Gasteiger partial charge in [-0.15, -0.1) is 0 Å². The van der Waals surface area contributed by atoms with E-state index in [4.69, 9.17) is 23.1 Å². The molecule has 0 fully saturated rings. The van der Waals surface area contributed by atoms with Gasteiger partial charge in [0.2, 0.25) is 0 Å². The first-order valence-corrected chi connectivity index (χ1v) is 11.3. The molecule has 0 aliphatic rings. The number of anilines is 3. The number of hydrogen-bond acceptors (Lipinski definition) is 4. The van der Waals surface area contributed by atoms with Crippen molar-refractivity contribution in [1.82, 2.24) is 15.1 Å². The minimum absolute atomic E-state index is 0.222. The number of rotatable bonds is 7. The molecule has 7 nitrogen and oxygen atoms in total. The van der Waals surface area contributed by atoms with E-state index in [2.05, 4.69) is 15.1 Å². The molecule has 4 aromatic rings. The highest BCUT2D eigenvalue weighted by Crippen LogP contribution is 2.37. The van der Waals surface area contributed by atoms with Crippen LogP contribution >= 0.6 is 11.6 Å². The molecule has 0 aliphatic heterocycles. The van der Waals surface area contributed by atoms with Crippen molar-refractivity contribution in [1.29, 1.82) is 0 Å². The second-order valence-electron chi connectivity index (χ2n) is 7.92. The Bertz CT molecular complexity index is 1330. The Morgan fingerprint density at radius 3 is 2.41 bits per heavy atom. The number of aromatic nitrogens is 2. The minimum Gasteiger partial charge on any atom is -0.382 e. The average Bonchev–Trinajstić information content (AvgIpc) is 3.21. The fourth-order valence-electron chi connectivity index (χ4n) is 4.10. The Balaban J connectivity index is 1.79. The van der Waals surface area contributed by atoms with Crippen molar-refractivity contribution < 1.29 is 9.18 Å². The summed E-state index contributed by atoms with van der Waals surface area (Å²) in [6.07, 6.45) is 0. The zero-order valence-electron chi connectivity index (χ0n) is 19.0. The summed E-state index contributed by atoms with van der Waals surface area (Å²) >= 11 is 6.10. The van der Waals surface area contributed by atoms with Crippen LogP contribution in [0.5, 0.6) is 0 Å². The quantitative estimate of drug-likeness (QED) is 0.317. The maximum Gasteiger partial charge on any atom is 0.323 e. The molecule has 176 valence electrons. The third-order valence-corrected chi connectivity index (χ3v) is 6.13. The van der Waals surface area contributed by atoms with E-state index in [0.29, 0.717) is 33.9 Å². The molecule has 0 spiro atoms. The van der Waals surface area contributed by atoms with Crippen LogP contribution in [0.25, 0.3) is 22.0 Å². The number of primary amides is 1. The van der Waals surface area contributed by atoms with Crippen LogP contribution in [0, 0.1) is 5.82 Å². The van der Waals surface area contributed by atoms with E-state index in [-0.39, 0.29) is 17.2 Å². The molecule has 0 atom stereocenters. The molecule has 5 N–H and O–H groups in total. The first-order valence-electron chi connectivity index (χ1n) is 11.0. The number of nitrogen functional groups attached to an aromatic ring is 1. The van der Waals surface area contributed by atoms with Crippen LogP contribution < -0.4 is 16.4 Å². The molecule has 0 saturated heterocycles. The molecule has 1 aromatic heterocycles. The summed E-state index contributed by atoms with van der Waals surface area (Å²) in [6.45, 7) is 6.14. The molecule has 9 heteroatoms. The lowest BCUT2D eigenvalue weighted by atomic mass is 9.97. The van der Waals surface area contributed by atoms with Crippen molar-refractivity contribution in [2.45, 2.75) is 20.4 Å². The number of carbonyl (C=O) groups is 1. The lowest BCUT2D eigenvalue weighted by molar-refractivity contribution is 0.256. The summed E-state index contributed by atoms with van der Waals surface area (Å²) in [5.41, 5.74) is 15.3. The molecule has 3 aromatic carbocycles. The number of hydrogen-bond donors (Lipinski definition) is 3. The molecule has 0 saturated carbocycles. The number of fused-ring (bicyclic) bond motifs is 1. The summed E-state index contributed by atoms with van der Waals surface area (Å²) in [5, 5.41) is 7.79. The maximum absolute atomic E-state index is 15.3. The molecule has 1 heterocycles. The van der Waals surface area contributed by atoms with E-state index in [9.17, 15) is 4.79 Å². The maximum atomic E-state index is 15.3. The van der Waals surface area contributed by atoms with Gasteiger partial charge < -0.3 is 11.5 Å². The van der Waals surface area contributed by atoms with Crippen LogP contribution in [0.2, 0.25) is 5.02 Å². The van der Waals surface area contributed by atoms with E-state index < -0.39 is 6.03 Å². The summed E-state index contributed by atoms with van der Waals surface area (Å²) in [6, 6.07) is 15.3. The van der Waals surface area contributed by atoms with Gasteiger partial charge in [0.15, 0.2) is 11.6 Å². The summed E-state index contributed by atoms with van der Waals surface area (Å²) in [5.74, 6) is -0.132. The highest BCUT2D eigenvalue weighted by Gasteiger charge is 2.20. The molecule has 2 amide bonds. The predicted octanol–water partition coefficient (Wildman–Crippen LogP) is 5.66. The SMILES string of the molecule is CCN(CC)Cc1cc(-c2ccc(N(C(N)=O)c3cccc(Cl)c3)cc2)c2c(N)n[nH]c2c1F. The summed E-state index contributed by atoms with van der Waals surface area (Å²) < 4.78 is 15.3. The van der Waals surface area contributed by atoms with Crippen molar-refractivity contribution in [2.75, 3.05) is 23.7 Å². The second-order valence-corrected chi connectivity index (χ2v) is 8.35. The summed E-state index contributed by atoms with van der Waals surface area (Å²) in [7, 11) is 0. The largest absolute Gasteiger partial charge is 0.382 e. The van der Waals surface area contributed by atoms with E-state index in [1.54, 1.807) is 36.4 Å². The minimum atomic E-state index is -0.639. The lowest BCUT2D eigenvalue weighted by Gasteiger charge is -2.21. The van der Waals surface area contributed by atoms with E-state index in [1.807, 2.05) is 32.0 Å². The van der Waals surface area contributed by atoms with Gasteiger partial charge in [0, 0.05) is 17.1 Å². The number of nitrogens with one attached hydrogen (secondary N) is 1. The van der Waals surface area contributed by atoms with Crippen LogP contribution in [0.3, 0.4) is 0 Å². The van der Waals surface area contributed by atoms with Crippen LogP contribution in [0.4, 0.5) is 26.4 Å². The van der Waals surface area contributed by atoms with Gasteiger partial charge in [0.1, 0.15) is 5.52 Å². The fourth-order valence-corrected chi connectivity index (χ4v) is 4.28. The van der Waals surface area contributed by atoms with Crippen LogP contribution in [0.1, 0.15) is 19.4 Å².